The summed E-state index contributed by atoms with van der Waals surface area (Å²) in [5.41, 5.74) is 1.47. The van der Waals surface area contributed by atoms with E-state index in [9.17, 15) is 14.9 Å². The van der Waals surface area contributed by atoms with Crippen molar-refractivity contribution in [1.82, 2.24) is 0 Å². The van der Waals surface area contributed by atoms with Gasteiger partial charge < -0.3 is 4.74 Å². The molecular formula is C17H17NO4. The lowest BCUT2D eigenvalue weighted by Crippen LogP contribution is -2.23. The van der Waals surface area contributed by atoms with Crippen LogP contribution >= 0.6 is 0 Å². The van der Waals surface area contributed by atoms with Gasteiger partial charge in [-0.2, -0.15) is 0 Å². The molecule has 0 radical (unpaired) electrons. The molecule has 0 fully saturated rings. The molecular weight excluding hydrogens is 282 g/mol. The number of non-ortho nitro benzene ring substituents is 1. The highest BCUT2D eigenvalue weighted by molar-refractivity contribution is 5.90. The zero-order valence-electron chi connectivity index (χ0n) is 12.7. The first kappa shape index (κ1) is 15.7. The SMILES string of the molecule is CC(C)(C)OC(=O)c1ccc(-c2cccc([N+](=O)[O-])c2)cc1. The van der Waals surface area contributed by atoms with Crippen molar-refractivity contribution in [2.75, 3.05) is 0 Å². The van der Waals surface area contributed by atoms with E-state index >= 15 is 0 Å². The van der Waals surface area contributed by atoms with Crippen molar-refractivity contribution in [3.63, 3.8) is 0 Å². The highest BCUT2D eigenvalue weighted by Gasteiger charge is 2.17. The van der Waals surface area contributed by atoms with Gasteiger partial charge in [0.1, 0.15) is 5.60 Å². The molecule has 2 aromatic rings. The van der Waals surface area contributed by atoms with Gasteiger partial charge in [0, 0.05) is 12.1 Å². The number of nitro benzene ring substituents is 1. The molecule has 0 heterocycles. The van der Waals surface area contributed by atoms with Crippen LogP contribution in [0.3, 0.4) is 0 Å². The van der Waals surface area contributed by atoms with Gasteiger partial charge in [-0.3, -0.25) is 10.1 Å². The molecule has 0 unspecified atom stereocenters. The van der Waals surface area contributed by atoms with Crippen LogP contribution in [-0.2, 0) is 4.74 Å². The number of nitro groups is 1. The van der Waals surface area contributed by atoms with Gasteiger partial charge in [0.2, 0.25) is 0 Å². The van der Waals surface area contributed by atoms with Gasteiger partial charge in [-0.05, 0) is 44.0 Å². The van der Waals surface area contributed by atoms with Gasteiger partial charge in [-0.1, -0.05) is 24.3 Å². The Labute approximate surface area is 128 Å². The quantitative estimate of drug-likeness (QED) is 0.483. The second kappa shape index (κ2) is 5.97. The van der Waals surface area contributed by atoms with Crippen LogP contribution in [0.5, 0.6) is 0 Å². The smallest absolute Gasteiger partial charge is 0.338 e. The largest absolute Gasteiger partial charge is 0.456 e. The average Bonchev–Trinajstić information content (AvgIpc) is 2.46. The number of hydrogen-bond donors (Lipinski definition) is 0. The van der Waals surface area contributed by atoms with E-state index in [0.29, 0.717) is 5.56 Å². The lowest BCUT2D eigenvalue weighted by molar-refractivity contribution is -0.384. The second-order valence-electron chi connectivity index (χ2n) is 5.89. The minimum absolute atomic E-state index is 0.0359. The second-order valence-corrected chi connectivity index (χ2v) is 5.89. The fourth-order valence-electron chi connectivity index (χ4n) is 1.93. The highest BCUT2D eigenvalue weighted by Crippen LogP contribution is 2.24. The van der Waals surface area contributed by atoms with Crippen molar-refractivity contribution in [2.24, 2.45) is 0 Å². The molecule has 0 atom stereocenters. The van der Waals surface area contributed by atoms with Crippen LogP contribution in [0.2, 0.25) is 0 Å². The summed E-state index contributed by atoms with van der Waals surface area (Å²) in [7, 11) is 0. The van der Waals surface area contributed by atoms with Crippen LogP contribution in [0.15, 0.2) is 48.5 Å². The first-order valence-electron chi connectivity index (χ1n) is 6.84. The Bertz CT molecular complexity index is 699. The molecule has 0 saturated heterocycles. The Hall–Kier alpha value is -2.69. The van der Waals surface area contributed by atoms with E-state index in [0.717, 1.165) is 11.1 Å². The lowest BCUT2D eigenvalue weighted by atomic mass is 10.0. The van der Waals surface area contributed by atoms with Crippen molar-refractivity contribution < 1.29 is 14.5 Å². The predicted molar refractivity (Wildman–Crippen MR) is 83.7 cm³/mol. The van der Waals surface area contributed by atoms with Crippen molar-refractivity contribution in [2.45, 2.75) is 26.4 Å². The summed E-state index contributed by atoms with van der Waals surface area (Å²) in [6.07, 6.45) is 0. The normalized spacial score (nSPS) is 11.0. The Kier molecular flexibility index (Phi) is 4.26. The Balaban J connectivity index is 2.24. The van der Waals surface area contributed by atoms with Crippen LogP contribution in [0, 0.1) is 10.1 Å². The first-order chi connectivity index (χ1) is 10.3. The molecule has 0 aromatic heterocycles. The topological polar surface area (TPSA) is 69.4 Å². The fraction of sp³-hybridized carbons (Fsp3) is 0.235. The molecule has 0 bridgehead atoms. The molecule has 5 nitrogen and oxygen atoms in total. The molecule has 0 saturated carbocycles. The van der Waals surface area contributed by atoms with Gasteiger partial charge in [-0.15, -0.1) is 0 Å². The minimum Gasteiger partial charge on any atom is -0.456 e. The Morgan fingerprint density at radius 2 is 1.68 bits per heavy atom. The molecule has 2 aromatic carbocycles. The maximum absolute atomic E-state index is 11.9. The molecule has 2 rings (SSSR count). The van der Waals surface area contributed by atoms with Crippen LogP contribution in [0.1, 0.15) is 31.1 Å². The van der Waals surface area contributed by atoms with Gasteiger partial charge in [0.05, 0.1) is 10.5 Å². The van der Waals surface area contributed by atoms with E-state index in [4.69, 9.17) is 4.74 Å². The summed E-state index contributed by atoms with van der Waals surface area (Å²) in [6, 6.07) is 13.2. The van der Waals surface area contributed by atoms with Gasteiger partial charge in [0.15, 0.2) is 0 Å². The van der Waals surface area contributed by atoms with Gasteiger partial charge in [-0.25, -0.2) is 4.79 Å². The monoisotopic (exact) mass is 299 g/mol. The summed E-state index contributed by atoms with van der Waals surface area (Å²) in [5, 5.41) is 10.8. The van der Waals surface area contributed by atoms with Crippen molar-refractivity contribution >= 4 is 11.7 Å². The summed E-state index contributed by atoms with van der Waals surface area (Å²) < 4.78 is 5.29. The highest BCUT2D eigenvalue weighted by atomic mass is 16.6. The summed E-state index contributed by atoms with van der Waals surface area (Å²) in [6.45, 7) is 5.42. The maximum atomic E-state index is 11.9. The molecule has 114 valence electrons. The Morgan fingerprint density at radius 3 is 2.23 bits per heavy atom. The number of ether oxygens (including phenoxy) is 1. The van der Waals surface area contributed by atoms with Crippen molar-refractivity contribution in [3.8, 4) is 11.1 Å². The summed E-state index contributed by atoms with van der Waals surface area (Å²) in [5.74, 6) is -0.391. The third kappa shape index (κ3) is 3.91. The van der Waals surface area contributed by atoms with Crippen LogP contribution < -0.4 is 0 Å². The summed E-state index contributed by atoms with van der Waals surface area (Å²) >= 11 is 0. The standard InChI is InChI=1S/C17H17NO4/c1-17(2,3)22-16(19)13-9-7-12(8-10-13)14-5-4-6-15(11-14)18(20)21/h4-11H,1-3H3. The molecule has 0 amide bonds. The van der Waals surface area contributed by atoms with E-state index < -0.39 is 16.5 Å². The van der Waals surface area contributed by atoms with Crippen LogP contribution in [-0.4, -0.2) is 16.5 Å². The van der Waals surface area contributed by atoms with E-state index in [1.165, 1.54) is 12.1 Å². The van der Waals surface area contributed by atoms with E-state index in [-0.39, 0.29) is 5.69 Å². The third-order valence-corrected chi connectivity index (χ3v) is 2.91. The van der Waals surface area contributed by atoms with Crippen molar-refractivity contribution in [3.05, 3.63) is 64.2 Å². The van der Waals surface area contributed by atoms with Gasteiger partial charge >= 0.3 is 5.97 Å². The number of carbonyl (C=O) groups excluding carboxylic acids is 1. The number of benzene rings is 2. The molecule has 0 N–H and O–H groups in total. The number of rotatable bonds is 3. The van der Waals surface area contributed by atoms with Crippen LogP contribution in [0.4, 0.5) is 5.69 Å². The number of carbonyl (C=O) groups is 1. The molecule has 0 spiro atoms. The average molecular weight is 299 g/mol. The fourth-order valence-corrected chi connectivity index (χ4v) is 1.93. The molecule has 5 heteroatoms. The number of hydrogen-bond acceptors (Lipinski definition) is 4. The Morgan fingerprint density at radius 1 is 1.05 bits per heavy atom. The van der Waals surface area contributed by atoms with Gasteiger partial charge in [0.25, 0.3) is 5.69 Å². The zero-order chi connectivity index (χ0) is 16.3. The molecule has 0 aliphatic carbocycles. The molecule has 0 aliphatic rings. The van der Waals surface area contributed by atoms with Crippen LogP contribution in [0.25, 0.3) is 11.1 Å². The third-order valence-electron chi connectivity index (χ3n) is 2.91. The number of esters is 1. The van der Waals surface area contributed by atoms with Crippen molar-refractivity contribution in [1.29, 1.82) is 0 Å². The minimum atomic E-state index is -0.546. The zero-order valence-corrected chi connectivity index (χ0v) is 12.7. The lowest BCUT2D eigenvalue weighted by Gasteiger charge is -2.19. The number of nitrogens with zero attached hydrogens (tertiary/aromatic N) is 1. The van der Waals surface area contributed by atoms with E-state index in [2.05, 4.69) is 0 Å². The van der Waals surface area contributed by atoms with E-state index in [1.807, 2.05) is 20.8 Å². The molecule has 22 heavy (non-hydrogen) atoms. The molecule has 0 aliphatic heterocycles. The maximum Gasteiger partial charge on any atom is 0.338 e. The summed E-state index contributed by atoms with van der Waals surface area (Å²) in [4.78, 5) is 22.3. The first-order valence-corrected chi connectivity index (χ1v) is 6.84. The van der Waals surface area contributed by atoms with E-state index in [1.54, 1.807) is 36.4 Å². The predicted octanol–water partition coefficient (Wildman–Crippen LogP) is 4.22.